The molecule has 1 heterocycles. The molecule has 130 valence electrons. The fraction of sp³-hybridized carbons (Fsp3) is 0.136. The van der Waals surface area contributed by atoms with Crippen LogP contribution >= 0.6 is 0 Å². The molecule has 0 saturated carbocycles. The molecule has 4 heteroatoms. The number of carbonyl (C=O) groups is 1. The number of benzene rings is 3. The summed E-state index contributed by atoms with van der Waals surface area (Å²) in [6, 6.07) is 25.6. The second-order valence-electron chi connectivity index (χ2n) is 6.35. The minimum absolute atomic E-state index is 0.166. The summed E-state index contributed by atoms with van der Waals surface area (Å²) in [7, 11) is 0. The summed E-state index contributed by atoms with van der Waals surface area (Å²) in [5.74, 6) is -0.156. The van der Waals surface area contributed by atoms with Gasteiger partial charge in [-0.2, -0.15) is 0 Å². The highest BCUT2D eigenvalue weighted by atomic mass is 16.5. The first-order valence-corrected chi connectivity index (χ1v) is 8.58. The van der Waals surface area contributed by atoms with E-state index in [9.17, 15) is 9.90 Å². The van der Waals surface area contributed by atoms with Crippen LogP contribution in [0.15, 0.2) is 84.9 Å². The van der Waals surface area contributed by atoms with Crippen molar-refractivity contribution < 1.29 is 14.6 Å². The van der Waals surface area contributed by atoms with E-state index >= 15 is 0 Å². The molecule has 4 nitrogen and oxygen atoms in total. The first-order valence-electron chi connectivity index (χ1n) is 8.58. The van der Waals surface area contributed by atoms with Gasteiger partial charge in [-0.25, -0.2) is 4.79 Å². The van der Waals surface area contributed by atoms with Crippen LogP contribution in [0.1, 0.15) is 34.9 Å². The van der Waals surface area contributed by atoms with E-state index in [0.29, 0.717) is 0 Å². The molecule has 0 bridgehead atoms. The zero-order chi connectivity index (χ0) is 17.9. The van der Waals surface area contributed by atoms with Gasteiger partial charge in [-0.1, -0.05) is 72.8 Å². The van der Waals surface area contributed by atoms with Crippen LogP contribution in [0.4, 0.5) is 0 Å². The van der Waals surface area contributed by atoms with Crippen LogP contribution in [-0.4, -0.2) is 11.1 Å². The van der Waals surface area contributed by atoms with Crippen LogP contribution in [-0.2, 0) is 9.53 Å². The van der Waals surface area contributed by atoms with Crippen LogP contribution in [0.25, 0.3) is 0 Å². The van der Waals surface area contributed by atoms with Gasteiger partial charge < -0.3 is 9.84 Å². The summed E-state index contributed by atoms with van der Waals surface area (Å²) < 4.78 is 5.87. The Morgan fingerprint density at radius 3 is 1.92 bits per heavy atom. The molecule has 0 radical (unpaired) electrons. The number of phenols is 1. The fourth-order valence-corrected chi connectivity index (χ4v) is 3.33. The van der Waals surface area contributed by atoms with Gasteiger partial charge in [-0.3, -0.25) is 5.32 Å². The number of hydrogen-bond acceptors (Lipinski definition) is 4. The molecule has 4 rings (SSSR count). The number of phenolic OH excluding ortho intramolecular Hbond substituents is 1. The van der Waals surface area contributed by atoms with Crippen molar-refractivity contribution in [1.29, 1.82) is 0 Å². The van der Waals surface area contributed by atoms with Gasteiger partial charge in [0.2, 0.25) is 0 Å². The largest absolute Gasteiger partial charge is 0.508 e. The van der Waals surface area contributed by atoms with Gasteiger partial charge in [-0.15, -0.1) is 0 Å². The van der Waals surface area contributed by atoms with Crippen molar-refractivity contribution in [3.63, 3.8) is 0 Å². The lowest BCUT2D eigenvalue weighted by Gasteiger charge is -2.37. The third-order valence-electron chi connectivity index (χ3n) is 4.64. The third-order valence-corrected chi connectivity index (χ3v) is 4.64. The van der Waals surface area contributed by atoms with E-state index in [1.165, 1.54) is 0 Å². The number of rotatable bonds is 3. The normalized spacial score (nSPS) is 22.6. The Hall–Kier alpha value is -3.11. The average Bonchev–Trinajstić information content (AvgIpc) is 2.70. The molecule has 0 spiro atoms. The predicted octanol–water partition coefficient (Wildman–Crippen LogP) is 4.06. The summed E-state index contributed by atoms with van der Waals surface area (Å²) in [5, 5.41) is 13.0. The number of cyclic esters (lactones) is 1. The number of esters is 1. The van der Waals surface area contributed by atoms with E-state index in [2.05, 4.69) is 5.32 Å². The minimum atomic E-state index is -0.583. The molecule has 0 unspecified atom stereocenters. The van der Waals surface area contributed by atoms with Gasteiger partial charge in [0.05, 0.1) is 6.04 Å². The van der Waals surface area contributed by atoms with Crippen LogP contribution in [0.5, 0.6) is 5.75 Å². The maximum atomic E-state index is 12.7. The summed E-state index contributed by atoms with van der Waals surface area (Å²) >= 11 is 0. The molecule has 1 aliphatic heterocycles. The second-order valence-corrected chi connectivity index (χ2v) is 6.35. The molecule has 2 N–H and O–H groups in total. The van der Waals surface area contributed by atoms with E-state index in [4.69, 9.17) is 4.74 Å². The highest BCUT2D eigenvalue weighted by Crippen LogP contribution is 2.39. The third kappa shape index (κ3) is 3.19. The number of nitrogens with one attached hydrogen (secondary N) is 1. The molecule has 0 aliphatic carbocycles. The number of aromatic hydroxyl groups is 1. The fourth-order valence-electron chi connectivity index (χ4n) is 3.33. The molecule has 1 fully saturated rings. The monoisotopic (exact) mass is 345 g/mol. The summed E-state index contributed by atoms with van der Waals surface area (Å²) in [6.07, 6.45) is -0.403. The topological polar surface area (TPSA) is 58.6 Å². The number of carbonyl (C=O) groups excluding carboxylic acids is 1. The summed E-state index contributed by atoms with van der Waals surface area (Å²) in [4.78, 5) is 12.7. The maximum absolute atomic E-state index is 12.7. The lowest BCUT2D eigenvalue weighted by Crippen LogP contribution is -2.43. The van der Waals surface area contributed by atoms with E-state index in [1.54, 1.807) is 24.3 Å². The Morgan fingerprint density at radius 1 is 0.731 bits per heavy atom. The number of morpholine rings is 1. The van der Waals surface area contributed by atoms with Crippen molar-refractivity contribution in [3.05, 3.63) is 102 Å². The van der Waals surface area contributed by atoms with Gasteiger partial charge in [0.15, 0.2) is 0 Å². The molecule has 26 heavy (non-hydrogen) atoms. The van der Waals surface area contributed by atoms with Crippen LogP contribution < -0.4 is 5.32 Å². The van der Waals surface area contributed by atoms with Gasteiger partial charge in [-0.05, 0) is 28.8 Å². The second kappa shape index (κ2) is 7.02. The molecule has 3 atom stereocenters. The zero-order valence-corrected chi connectivity index (χ0v) is 14.1. The van der Waals surface area contributed by atoms with Crippen molar-refractivity contribution in [1.82, 2.24) is 5.32 Å². The Labute approximate surface area is 152 Å². The van der Waals surface area contributed by atoms with Crippen molar-refractivity contribution in [3.8, 4) is 5.75 Å². The smallest absolute Gasteiger partial charge is 0.328 e. The highest BCUT2D eigenvalue weighted by molar-refractivity contribution is 5.79. The van der Waals surface area contributed by atoms with Gasteiger partial charge >= 0.3 is 5.97 Å². The van der Waals surface area contributed by atoms with Crippen molar-refractivity contribution in [2.24, 2.45) is 0 Å². The quantitative estimate of drug-likeness (QED) is 0.703. The Morgan fingerprint density at radius 2 is 1.31 bits per heavy atom. The van der Waals surface area contributed by atoms with Crippen LogP contribution in [0.3, 0.4) is 0 Å². The Bertz CT molecular complexity index is 878. The van der Waals surface area contributed by atoms with E-state index in [-0.39, 0.29) is 17.8 Å². The van der Waals surface area contributed by atoms with Gasteiger partial charge in [0, 0.05) is 0 Å². The molecule has 3 aromatic rings. The molecular formula is C22H19NO3. The predicted molar refractivity (Wildman–Crippen MR) is 98.4 cm³/mol. The van der Waals surface area contributed by atoms with E-state index in [1.807, 2.05) is 60.7 Å². The summed E-state index contributed by atoms with van der Waals surface area (Å²) in [6.45, 7) is 0. The molecule has 0 aromatic heterocycles. The van der Waals surface area contributed by atoms with Crippen LogP contribution in [0.2, 0.25) is 0 Å². The molecule has 1 aliphatic rings. The van der Waals surface area contributed by atoms with E-state index in [0.717, 1.165) is 16.7 Å². The first-order chi connectivity index (χ1) is 12.7. The standard InChI is InChI=1S/C22H19NO3/c24-18-13-11-16(12-14-18)20-22(25)26-21(17-9-5-2-6-10-17)19(23-20)15-7-3-1-4-8-15/h1-14,19-21,23-24H/t19-,20-,21+/m0/s1. The lowest BCUT2D eigenvalue weighted by molar-refractivity contribution is -0.161. The maximum Gasteiger partial charge on any atom is 0.328 e. The SMILES string of the molecule is O=C1O[C@H](c2ccccc2)[C@H](c2ccccc2)N[C@H]1c1ccc(O)cc1. The van der Waals surface area contributed by atoms with Crippen LogP contribution in [0, 0.1) is 0 Å². The molecule has 3 aromatic carbocycles. The van der Waals surface area contributed by atoms with Crippen molar-refractivity contribution in [2.75, 3.05) is 0 Å². The average molecular weight is 345 g/mol. The van der Waals surface area contributed by atoms with Gasteiger partial charge in [0.1, 0.15) is 17.9 Å². The van der Waals surface area contributed by atoms with Crippen molar-refractivity contribution >= 4 is 5.97 Å². The molecule has 0 amide bonds. The first kappa shape index (κ1) is 16.4. The summed E-state index contributed by atoms with van der Waals surface area (Å²) in [5.41, 5.74) is 2.77. The Balaban J connectivity index is 1.71. The lowest BCUT2D eigenvalue weighted by atomic mass is 9.91. The Kier molecular flexibility index (Phi) is 4.42. The van der Waals surface area contributed by atoms with Gasteiger partial charge in [0.25, 0.3) is 0 Å². The molecule has 1 saturated heterocycles. The van der Waals surface area contributed by atoms with E-state index < -0.39 is 12.1 Å². The zero-order valence-electron chi connectivity index (χ0n) is 14.1. The number of ether oxygens (including phenoxy) is 1. The molecular weight excluding hydrogens is 326 g/mol. The van der Waals surface area contributed by atoms with Crippen molar-refractivity contribution in [2.45, 2.75) is 18.2 Å². The highest BCUT2D eigenvalue weighted by Gasteiger charge is 2.39. The minimum Gasteiger partial charge on any atom is -0.508 e. The number of hydrogen-bond donors (Lipinski definition) is 2.